The summed E-state index contributed by atoms with van der Waals surface area (Å²) < 4.78 is 0. The Kier molecular flexibility index (Phi) is 4.77. The molecular weight excluding hydrogens is 286 g/mol. The number of carboxylic acids is 1. The average Bonchev–Trinajstić information content (AvgIpc) is 2.57. The topological polar surface area (TPSA) is 40.5 Å². The third kappa shape index (κ3) is 3.80. The lowest BCUT2D eigenvalue weighted by atomic mass is 9.87. The fourth-order valence-electron chi connectivity index (χ4n) is 3.46. The van der Waals surface area contributed by atoms with Gasteiger partial charge in [-0.25, -0.2) is 4.79 Å². The highest BCUT2D eigenvalue weighted by molar-refractivity contribution is 5.87. The van der Waals surface area contributed by atoms with E-state index in [9.17, 15) is 4.79 Å². The van der Waals surface area contributed by atoms with Gasteiger partial charge in [-0.1, -0.05) is 36.4 Å². The molecule has 1 N–H and O–H groups in total. The molecule has 0 atom stereocenters. The quantitative estimate of drug-likeness (QED) is 0.925. The van der Waals surface area contributed by atoms with Gasteiger partial charge in [0.05, 0.1) is 5.56 Å². The summed E-state index contributed by atoms with van der Waals surface area (Å²) in [7, 11) is 0. The van der Waals surface area contributed by atoms with Crippen molar-refractivity contribution in [3.05, 3.63) is 70.8 Å². The number of hydrogen-bond acceptors (Lipinski definition) is 2. The molecule has 3 nitrogen and oxygen atoms in total. The van der Waals surface area contributed by atoms with Gasteiger partial charge in [-0.2, -0.15) is 0 Å². The van der Waals surface area contributed by atoms with Crippen LogP contribution >= 0.6 is 0 Å². The molecule has 0 bridgehead atoms. The van der Waals surface area contributed by atoms with Crippen LogP contribution in [0.3, 0.4) is 0 Å². The second kappa shape index (κ2) is 6.97. The fourth-order valence-corrected chi connectivity index (χ4v) is 3.46. The van der Waals surface area contributed by atoms with E-state index in [4.69, 9.17) is 5.11 Å². The van der Waals surface area contributed by atoms with Crippen molar-refractivity contribution in [2.24, 2.45) is 0 Å². The van der Waals surface area contributed by atoms with Gasteiger partial charge in [-0.05, 0) is 67.6 Å². The van der Waals surface area contributed by atoms with E-state index in [0.29, 0.717) is 11.5 Å². The number of likely N-dealkylation sites (tertiary alicyclic amines) is 1. The van der Waals surface area contributed by atoms with Crippen LogP contribution in [0.15, 0.2) is 48.5 Å². The first-order chi connectivity index (χ1) is 11.1. The van der Waals surface area contributed by atoms with Gasteiger partial charge in [0.2, 0.25) is 0 Å². The highest BCUT2D eigenvalue weighted by Crippen LogP contribution is 2.30. The van der Waals surface area contributed by atoms with Crippen LogP contribution in [0.1, 0.15) is 45.8 Å². The highest BCUT2D eigenvalue weighted by Gasteiger charge is 2.21. The van der Waals surface area contributed by atoms with Crippen LogP contribution in [0.2, 0.25) is 0 Å². The predicted molar refractivity (Wildman–Crippen MR) is 91.8 cm³/mol. The Morgan fingerprint density at radius 2 is 1.74 bits per heavy atom. The van der Waals surface area contributed by atoms with Crippen LogP contribution in [0.5, 0.6) is 0 Å². The Hall–Kier alpha value is -2.13. The number of aromatic carboxylic acids is 1. The van der Waals surface area contributed by atoms with Gasteiger partial charge in [-0.15, -0.1) is 0 Å². The van der Waals surface area contributed by atoms with E-state index < -0.39 is 5.97 Å². The zero-order valence-electron chi connectivity index (χ0n) is 13.5. The number of rotatable bonds is 4. The molecule has 0 aliphatic carbocycles. The zero-order chi connectivity index (χ0) is 16.2. The number of aryl methyl sites for hydroxylation is 1. The molecule has 3 heteroatoms. The van der Waals surface area contributed by atoms with E-state index in [1.54, 1.807) is 12.1 Å². The summed E-state index contributed by atoms with van der Waals surface area (Å²) in [5.41, 5.74) is 4.43. The van der Waals surface area contributed by atoms with Crippen molar-refractivity contribution in [2.45, 2.75) is 32.2 Å². The van der Waals surface area contributed by atoms with Crippen molar-refractivity contribution in [3.8, 4) is 0 Å². The van der Waals surface area contributed by atoms with Crippen LogP contribution in [-0.2, 0) is 6.54 Å². The molecule has 120 valence electrons. The number of carbonyl (C=O) groups is 1. The summed E-state index contributed by atoms with van der Waals surface area (Å²) in [6, 6.07) is 15.9. The highest BCUT2D eigenvalue weighted by atomic mass is 16.4. The van der Waals surface area contributed by atoms with Crippen LogP contribution in [0.4, 0.5) is 0 Å². The Balaban J connectivity index is 1.57. The molecule has 1 aliphatic rings. The first-order valence-electron chi connectivity index (χ1n) is 8.23. The van der Waals surface area contributed by atoms with Gasteiger partial charge >= 0.3 is 5.97 Å². The Bertz CT molecular complexity index is 670. The molecule has 0 radical (unpaired) electrons. The van der Waals surface area contributed by atoms with Crippen LogP contribution in [0.25, 0.3) is 0 Å². The zero-order valence-corrected chi connectivity index (χ0v) is 13.5. The molecule has 2 aromatic rings. The second-order valence-corrected chi connectivity index (χ2v) is 6.41. The molecule has 3 rings (SSSR count). The minimum absolute atomic E-state index is 0.354. The molecule has 0 aromatic heterocycles. The van der Waals surface area contributed by atoms with Gasteiger partial charge in [-0.3, -0.25) is 4.90 Å². The molecule has 0 unspecified atom stereocenters. The minimum atomic E-state index is -0.865. The average molecular weight is 309 g/mol. The van der Waals surface area contributed by atoms with Gasteiger partial charge in [0.15, 0.2) is 0 Å². The van der Waals surface area contributed by atoms with E-state index in [1.165, 1.54) is 29.5 Å². The standard InChI is InChI=1S/C20H23NO2/c1-15-4-2-3-5-19(15)17-10-12-21(13-11-17)14-16-6-8-18(9-7-16)20(22)23/h2-9,17H,10-14H2,1H3,(H,22,23). The maximum Gasteiger partial charge on any atom is 0.335 e. The smallest absolute Gasteiger partial charge is 0.335 e. The van der Waals surface area contributed by atoms with Crippen molar-refractivity contribution >= 4 is 5.97 Å². The SMILES string of the molecule is Cc1ccccc1C1CCN(Cc2ccc(C(=O)O)cc2)CC1. The molecule has 1 fully saturated rings. The van der Waals surface area contributed by atoms with Crippen molar-refractivity contribution in [3.63, 3.8) is 0 Å². The van der Waals surface area contributed by atoms with Gasteiger partial charge in [0.25, 0.3) is 0 Å². The van der Waals surface area contributed by atoms with E-state index in [1.807, 2.05) is 12.1 Å². The lowest BCUT2D eigenvalue weighted by molar-refractivity contribution is 0.0697. The molecule has 2 aromatic carbocycles. The van der Waals surface area contributed by atoms with E-state index in [0.717, 1.165) is 19.6 Å². The van der Waals surface area contributed by atoms with Crippen molar-refractivity contribution in [1.82, 2.24) is 4.90 Å². The monoisotopic (exact) mass is 309 g/mol. The molecule has 1 saturated heterocycles. The summed E-state index contributed by atoms with van der Waals surface area (Å²) in [5.74, 6) is -0.197. The van der Waals surface area contributed by atoms with E-state index in [-0.39, 0.29) is 0 Å². The maximum atomic E-state index is 10.9. The molecule has 1 heterocycles. The maximum absolute atomic E-state index is 10.9. The van der Waals surface area contributed by atoms with Crippen LogP contribution in [0, 0.1) is 6.92 Å². The molecular formula is C20H23NO2. The predicted octanol–water partition coefficient (Wildman–Crippen LogP) is 4.07. The summed E-state index contributed by atoms with van der Waals surface area (Å²) in [6.45, 7) is 5.30. The number of nitrogens with zero attached hydrogens (tertiary/aromatic N) is 1. The van der Waals surface area contributed by atoms with E-state index in [2.05, 4.69) is 36.1 Å². The summed E-state index contributed by atoms with van der Waals surface area (Å²) in [4.78, 5) is 13.4. The van der Waals surface area contributed by atoms with Crippen LogP contribution < -0.4 is 0 Å². The van der Waals surface area contributed by atoms with Crippen molar-refractivity contribution in [2.75, 3.05) is 13.1 Å². The number of hydrogen-bond donors (Lipinski definition) is 1. The number of carboxylic acid groups (broad SMARTS) is 1. The van der Waals surface area contributed by atoms with Gasteiger partial charge < -0.3 is 5.11 Å². The summed E-state index contributed by atoms with van der Waals surface area (Å²) in [6.07, 6.45) is 2.39. The lowest BCUT2D eigenvalue weighted by Gasteiger charge is -2.32. The van der Waals surface area contributed by atoms with Crippen molar-refractivity contribution in [1.29, 1.82) is 0 Å². The minimum Gasteiger partial charge on any atom is -0.478 e. The van der Waals surface area contributed by atoms with Crippen molar-refractivity contribution < 1.29 is 9.90 Å². The van der Waals surface area contributed by atoms with Gasteiger partial charge in [0, 0.05) is 6.54 Å². The lowest BCUT2D eigenvalue weighted by Crippen LogP contribution is -2.32. The molecule has 0 amide bonds. The Morgan fingerprint density at radius 1 is 1.09 bits per heavy atom. The fraction of sp³-hybridized carbons (Fsp3) is 0.350. The van der Waals surface area contributed by atoms with Gasteiger partial charge in [0.1, 0.15) is 0 Å². The normalized spacial score (nSPS) is 16.4. The number of benzene rings is 2. The molecule has 0 spiro atoms. The molecule has 0 saturated carbocycles. The summed E-state index contributed by atoms with van der Waals surface area (Å²) >= 11 is 0. The molecule has 1 aliphatic heterocycles. The first kappa shape index (κ1) is 15.8. The second-order valence-electron chi connectivity index (χ2n) is 6.41. The largest absolute Gasteiger partial charge is 0.478 e. The Labute approximate surface area is 137 Å². The first-order valence-corrected chi connectivity index (χ1v) is 8.23. The third-order valence-corrected chi connectivity index (χ3v) is 4.82. The van der Waals surface area contributed by atoms with Crippen LogP contribution in [-0.4, -0.2) is 29.1 Å². The summed E-state index contributed by atoms with van der Waals surface area (Å²) in [5, 5.41) is 8.95. The van der Waals surface area contributed by atoms with E-state index >= 15 is 0 Å². The molecule has 23 heavy (non-hydrogen) atoms. The third-order valence-electron chi connectivity index (χ3n) is 4.82. The number of piperidine rings is 1. The Morgan fingerprint density at radius 3 is 2.35 bits per heavy atom.